The molecule has 1 heterocycles. The third-order valence-corrected chi connectivity index (χ3v) is 4.87. The lowest BCUT2D eigenvalue weighted by molar-refractivity contribution is -0.123. The second kappa shape index (κ2) is 10.8. The molecule has 4 nitrogen and oxygen atoms in total. The Balaban J connectivity index is 0.00000242. The van der Waals surface area contributed by atoms with Crippen molar-refractivity contribution in [1.29, 1.82) is 0 Å². The van der Waals surface area contributed by atoms with Crippen LogP contribution in [-0.4, -0.2) is 49.6 Å². The van der Waals surface area contributed by atoms with Crippen LogP contribution in [0.15, 0.2) is 0 Å². The Bertz CT molecular complexity index is 329. The van der Waals surface area contributed by atoms with E-state index in [0.717, 1.165) is 25.3 Å². The molecule has 2 N–H and O–H groups in total. The van der Waals surface area contributed by atoms with E-state index in [9.17, 15) is 4.79 Å². The van der Waals surface area contributed by atoms with Gasteiger partial charge in [0.15, 0.2) is 0 Å². The van der Waals surface area contributed by atoms with Gasteiger partial charge in [-0.25, -0.2) is 0 Å². The molecule has 2 aliphatic rings. The first kappa shape index (κ1) is 23.0. The Hall–Kier alpha value is -0.0300. The zero-order valence-electron chi connectivity index (χ0n) is 15.0. The van der Waals surface area contributed by atoms with Crippen molar-refractivity contribution in [2.24, 2.45) is 11.8 Å². The average molecular weight is 368 g/mol. The Kier molecular flexibility index (Phi) is 10.7. The van der Waals surface area contributed by atoms with Crippen LogP contribution in [0.25, 0.3) is 0 Å². The molecule has 4 atom stereocenters. The fraction of sp³-hybridized carbons (Fsp3) is 0.941. The van der Waals surface area contributed by atoms with Crippen LogP contribution in [0.3, 0.4) is 0 Å². The van der Waals surface area contributed by atoms with Crippen LogP contribution in [0, 0.1) is 11.8 Å². The molecule has 2 rings (SSSR count). The average Bonchev–Trinajstić information content (AvgIpc) is 2.80. The van der Waals surface area contributed by atoms with Gasteiger partial charge in [0.05, 0.1) is 6.04 Å². The predicted molar refractivity (Wildman–Crippen MR) is 102 cm³/mol. The number of amides is 1. The normalized spacial score (nSPS) is 27.8. The van der Waals surface area contributed by atoms with Crippen molar-refractivity contribution in [2.45, 2.75) is 70.5 Å². The summed E-state index contributed by atoms with van der Waals surface area (Å²) in [5.41, 5.74) is 0. The van der Waals surface area contributed by atoms with Gasteiger partial charge in [-0.05, 0) is 51.6 Å². The van der Waals surface area contributed by atoms with E-state index >= 15 is 0 Å². The van der Waals surface area contributed by atoms with E-state index < -0.39 is 0 Å². The summed E-state index contributed by atoms with van der Waals surface area (Å²) in [4.78, 5) is 14.7. The maximum absolute atomic E-state index is 12.6. The fourth-order valence-corrected chi connectivity index (χ4v) is 4.01. The highest BCUT2D eigenvalue weighted by molar-refractivity contribution is 5.85. The molecule has 0 aromatic carbocycles. The highest BCUT2D eigenvalue weighted by atomic mass is 35.5. The van der Waals surface area contributed by atoms with Crippen molar-refractivity contribution < 1.29 is 4.79 Å². The van der Waals surface area contributed by atoms with Crippen molar-refractivity contribution in [2.75, 3.05) is 20.6 Å². The number of carbonyl (C=O) groups excluding carboxylic acids is 1. The van der Waals surface area contributed by atoms with Gasteiger partial charge in [0.1, 0.15) is 0 Å². The largest absolute Gasteiger partial charge is 0.351 e. The summed E-state index contributed by atoms with van der Waals surface area (Å²) in [5.74, 6) is 1.55. The summed E-state index contributed by atoms with van der Waals surface area (Å²) < 4.78 is 0. The summed E-state index contributed by atoms with van der Waals surface area (Å²) in [6.45, 7) is 5.36. The minimum Gasteiger partial charge on any atom is -0.351 e. The maximum atomic E-state index is 12.6. The number of nitrogens with zero attached hydrogens (tertiary/aromatic N) is 1. The van der Waals surface area contributed by atoms with Gasteiger partial charge in [0.25, 0.3) is 0 Å². The smallest absolute Gasteiger partial charge is 0.237 e. The number of rotatable bonds is 6. The molecule has 4 unspecified atom stereocenters. The van der Waals surface area contributed by atoms with Crippen LogP contribution in [0.5, 0.6) is 0 Å². The Morgan fingerprint density at radius 1 is 1.22 bits per heavy atom. The van der Waals surface area contributed by atoms with E-state index in [1.165, 1.54) is 25.7 Å². The fourth-order valence-electron chi connectivity index (χ4n) is 4.01. The SMILES string of the molecule is CC(C)CC(CN(C)C)NC(=O)C1CC2CCCCC2N1.Cl.Cl. The van der Waals surface area contributed by atoms with Gasteiger partial charge < -0.3 is 15.5 Å². The zero-order chi connectivity index (χ0) is 15.4. The van der Waals surface area contributed by atoms with Crippen molar-refractivity contribution in [3.63, 3.8) is 0 Å². The van der Waals surface area contributed by atoms with Crippen LogP contribution in [0.4, 0.5) is 0 Å². The number of likely N-dealkylation sites (N-methyl/N-ethyl adjacent to an activating group) is 1. The van der Waals surface area contributed by atoms with Crippen LogP contribution < -0.4 is 10.6 Å². The molecule has 2 fully saturated rings. The van der Waals surface area contributed by atoms with Crippen molar-refractivity contribution >= 4 is 30.7 Å². The topological polar surface area (TPSA) is 44.4 Å². The summed E-state index contributed by atoms with van der Waals surface area (Å²) in [7, 11) is 4.14. The lowest BCUT2D eigenvalue weighted by atomic mass is 9.85. The highest BCUT2D eigenvalue weighted by Gasteiger charge is 2.38. The van der Waals surface area contributed by atoms with Crippen LogP contribution in [0.2, 0.25) is 0 Å². The van der Waals surface area contributed by atoms with Gasteiger partial charge in [-0.3, -0.25) is 4.79 Å². The first-order valence-corrected chi connectivity index (χ1v) is 8.67. The summed E-state index contributed by atoms with van der Waals surface area (Å²) >= 11 is 0. The second-order valence-corrected chi connectivity index (χ2v) is 7.70. The molecule has 0 radical (unpaired) electrons. The Morgan fingerprint density at radius 2 is 1.87 bits per heavy atom. The summed E-state index contributed by atoms with van der Waals surface area (Å²) in [6, 6.07) is 0.888. The molecule has 1 saturated heterocycles. The molecule has 0 aromatic rings. The van der Waals surface area contributed by atoms with Crippen LogP contribution >= 0.6 is 24.8 Å². The van der Waals surface area contributed by atoms with Gasteiger partial charge in [0, 0.05) is 18.6 Å². The van der Waals surface area contributed by atoms with Gasteiger partial charge >= 0.3 is 0 Å². The molecule has 1 saturated carbocycles. The molecular formula is C17H35Cl2N3O. The monoisotopic (exact) mass is 367 g/mol. The summed E-state index contributed by atoms with van der Waals surface area (Å²) in [6.07, 6.45) is 7.29. The molecule has 138 valence electrons. The number of halogens is 2. The van der Waals surface area contributed by atoms with Crippen molar-refractivity contribution in [1.82, 2.24) is 15.5 Å². The third kappa shape index (κ3) is 7.16. The standard InChI is InChI=1S/C17H33N3O.2ClH/c1-12(2)9-14(11-20(3)4)18-17(21)16-10-13-7-5-6-8-15(13)19-16;;/h12-16,19H,5-11H2,1-4H3,(H,18,21);2*1H. The quantitative estimate of drug-likeness (QED) is 0.758. The van der Waals surface area contributed by atoms with Crippen molar-refractivity contribution in [3.05, 3.63) is 0 Å². The van der Waals surface area contributed by atoms with E-state index in [2.05, 4.69) is 43.5 Å². The molecule has 1 aliphatic heterocycles. The zero-order valence-corrected chi connectivity index (χ0v) is 16.6. The van der Waals surface area contributed by atoms with Crippen LogP contribution in [0.1, 0.15) is 52.4 Å². The van der Waals surface area contributed by atoms with E-state index in [-0.39, 0.29) is 42.8 Å². The number of hydrogen-bond acceptors (Lipinski definition) is 3. The molecule has 23 heavy (non-hydrogen) atoms. The van der Waals surface area contributed by atoms with E-state index in [4.69, 9.17) is 0 Å². The minimum absolute atomic E-state index is 0. The lowest BCUT2D eigenvalue weighted by Gasteiger charge is -2.25. The molecule has 1 amide bonds. The molecule has 1 aliphatic carbocycles. The molecular weight excluding hydrogens is 333 g/mol. The number of carbonyl (C=O) groups is 1. The first-order chi connectivity index (χ1) is 9.95. The number of hydrogen-bond donors (Lipinski definition) is 2. The molecule has 0 aromatic heterocycles. The minimum atomic E-state index is 0. The number of fused-ring (bicyclic) bond motifs is 1. The van der Waals surface area contributed by atoms with Gasteiger partial charge in [-0.1, -0.05) is 26.7 Å². The first-order valence-electron chi connectivity index (χ1n) is 8.67. The van der Waals surface area contributed by atoms with Gasteiger partial charge in [-0.15, -0.1) is 24.8 Å². The highest BCUT2D eigenvalue weighted by Crippen LogP contribution is 2.33. The van der Waals surface area contributed by atoms with Crippen molar-refractivity contribution in [3.8, 4) is 0 Å². The van der Waals surface area contributed by atoms with E-state index in [1.807, 2.05) is 0 Å². The second-order valence-electron chi connectivity index (χ2n) is 7.70. The number of nitrogens with one attached hydrogen (secondary N) is 2. The maximum Gasteiger partial charge on any atom is 0.237 e. The molecule has 0 spiro atoms. The van der Waals surface area contributed by atoms with Gasteiger partial charge in [-0.2, -0.15) is 0 Å². The Labute approximate surface area is 154 Å². The molecule has 0 bridgehead atoms. The van der Waals surface area contributed by atoms with Gasteiger partial charge in [0.2, 0.25) is 5.91 Å². The third-order valence-electron chi connectivity index (χ3n) is 4.87. The van der Waals surface area contributed by atoms with E-state index in [1.54, 1.807) is 0 Å². The molecule has 6 heteroatoms. The Morgan fingerprint density at radius 3 is 2.43 bits per heavy atom. The van der Waals surface area contributed by atoms with Crippen LogP contribution in [-0.2, 0) is 4.79 Å². The summed E-state index contributed by atoms with van der Waals surface area (Å²) in [5, 5.41) is 6.87. The predicted octanol–water partition coefficient (Wildman–Crippen LogP) is 2.84. The van der Waals surface area contributed by atoms with E-state index in [0.29, 0.717) is 12.0 Å². The lowest BCUT2D eigenvalue weighted by Crippen LogP contribution is -2.49.